The summed E-state index contributed by atoms with van der Waals surface area (Å²) in [6.07, 6.45) is 7.21. The fourth-order valence-corrected chi connectivity index (χ4v) is 4.04. The molecular weight excluding hydrogens is 362 g/mol. The first-order chi connectivity index (χ1) is 14.3. The maximum Gasteiger partial charge on any atom is 0.119 e. The first kappa shape index (κ1) is 19.7. The molecule has 2 atom stereocenters. The normalized spacial score (nSPS) is 19.9. The number of piperidine rings is 1. The summed E-state index contributed by atoms with van der Waals surface area (Å²) in [6, 6.07) is 18.7. The van der Waals surface area contributed by atoms with Gasteiger partial charge in [-0.25, -0.2) is 4.98 Å². The lowest BCUT2D eigenvalue weighted by Crippen LogP contribution is -2.42. The second-order valence-electron chi connectivity index (χ2n) is 7.75. The molecule has 1 fully saturated rings. The van der Waals surface area contributed by atoms with Gasteiger partial charge in [0.2, 0.25) is 0 Å². The third kappa shape index (κ3) is 5.46. The molecule has 0 aliphatic carbocycles. The Morgan fingerprint density at radius 3 is 2.62 bits per heavy atom. The van der Waals surface area contributed by atoms with Crippen LogP contribution in [0.3, 0.4) is 0 Å². The molecule has 1 aliphatic heterocycles. The zero-order chi connectivity index (χ0) is 19.9. The number of nitrogens with zero attached hydrogens (tertiary/aromatic N) is 3. The Morgan fingerprint density at radius 1 is 1.07 bits per heavy atom. The zero-order valence-corrected chi connectivity index (χ0v) is 16.7. The lowest BCUT2D eigenvalue weighted by molar-refractivity contribution is 0.0477. The number of hydrogen-bond donors (Lipinski definition) is 1. The van der Waals surface area contributed by atoms with Crippen LogP contribution >= 0.6 is 0 Å². The van der Waals surface area contributed by atoms with Gasteiger partial charge in [0.05, 0.1) is 19.0 Å². The second kappa shape index (κ2) is 9.72. The minimum Gasteiger partial charge on any atom is -0.494 e. The molecule has 1 saturated heterocycles. The van der Waals surface area contributed by atoms with Gasteiger partial charge in [-0.1, -0.05) is 42.5 Å². The summed E-state index contributed by atoms with van der Waals surface area (Å²) in [5, 5.41) is 10.6. The summed E-state index contributed by atoms with van der Waals surface area (Å²) in [5.74, 6) is 1.15. The quantitative estimate of drug-likeness (QED) is 0.595. The summed E-state index contributed by atoms with van der Waals surface area (Å²) in [7, 11) is 0. The van der Waals surface area contributed by atoms with Gasteiger partial charge in [0.25, 0.3) is 0 Å². The van der Waals surface area contributed by atoms with Crippen LogP contribution in [0.5, 0.6) is 5.75 Å². The monoisotopic (exact) mass is 391 g/mol. The van der Waals surface area contributed by atoms with E-state index in [1.54, 1.807) is 6.20 Å². The Kier molecular flexibility index (Phi) is 6.60. The number of aromatic nitrogens is 2. The van der Waals surface area contributed by atoms with Crippen molar-refractivity contribution in [3.05, 3.63) is 84.4 Å². The van der Waals surface area contributed by atoms with E-state index in [0.29, 0.717) is 13.2 Å². The summed E-state index contributed by atoms with van der Waals surface area (Å²) >= 11 is 0. The summed E-state index contributed by atoms with van der Waals surface area (Å²) in [6.45, 7) is 4.19. The molecule has 5 heteroatoms. The maximum atomic E-state index is 10.6. The van der Waals surface area contributed by atoms with Gasteiger partial charge in [-0.05, 0) is 42.6 Å². The van der Waals surface area contributed by atoms with Crippen LogP contribution in [-0.4, -0.2) is 45.4 Å². The molecule has 0 amide bonds. The maximum absolute atomic E-state index is 10.6. The molecule has 3 aromatic rings. The number of benzene rings is 2. The number of ether oxygens (including phenoxy) is 1. The van der Waals surface area contributed by atoms with Crippen LogP contribution in [0.2, 0.25) is 0 Å². The Balaban J connectivity index is 1.22. The third-order valence-electron chi connectivity index (χ3n) is 5.61. The SMILES string of the molecule is O[C@@H]1CN(Cc2ccc(OCCCn3ccnc3)cc2)CC[C@H]1c1ccccc1. The number of hydrogen-bond acceptors (Lipinski definition) is 4. The highest BCUT2D eigenvalue weighted by atomic mass is 16.5. The summed E-state index contributed by atoms with van der Waals surface area (Å²) < 4.78 is 7.90. The molecule has 2 aromatic carbocycles. The number of imidazole rings is 1. The minimum absolute atomic E-state index is 0.241. The molecule has 0 bridgehead atoms. The highest BCUT2D eigenvalue weighted by molar-refractivity contribution is 5.27. The predicted molar refractivity (Wildman–Crippen MR) is 114 cm³/mol. The molecule has 0 saturated carbocycles. The average Bonchev–Trinajstić information content (AvgIpc) is 3.27. The van der Waals surface area contributed by atoms with Crippen molar-refractivity contribution in [2.45, 2.75) is 38.0 Å². The highest BCUT2D eigenvalue weighted by Crippen LogP contribution is 2.29. The zero-order valence-electron chi connectivity index (χ0n) is 16.7. The van der Waals surface area contributed by atoms with Gasteiger partial charge < -0.3 is 14.4 Å². The fraction of sp³-hybridized carbons (Fsp3) is 0.375. The smallest absolute Gasteiger partial charge is 0.119 e. The largest absolute Gasteiger partial charge is 0.494 e. The third-order valence-corrected chi connectivity index (χ3v) is 5.61. The van der Waals surface area contributed by atoms with E-state index in [0.717, 1.165) is 38.2 Å². The van der Waals surface area contributed by atoms with Crippen LogP contribution in [0.25, 0.3) is 0 Å². The van der Waals surface area contributed by atoms with E-state index in [1.807, 2.05) is 30.7 Å². The molecule has 0 radical (unpaired) electrons. The number of β-amino-alcohol motifs (C(OH)–C–C–N with tert-alkyl or cyclic N) is 1. The lowest BCUT2D eigenvalue weighted by Gasteiger charge is -2.36. The Hall–Kier alpha value is -2.63. The van der Waals surface area contributed by atoms with Crippen molar-refractivity contribution in [1.82, 2.24) is 14.5 Å². The van der Waals surface area contributed by atoms with Crippen LogP contribution in [0.15, 0.2) is 73.3 Å². The first-order valence-corrected chi connectivity index (χ1v) is 10.4. The summed E-state index contributed by atoms with van der Waals surface area (Å²) in [5.41, 5.74) is 2.50. The van der Waals surface area contributed by atoms with Gasteiger partial charge in [0.1, 0.15) is 5.75 Å². The van der Waals surface area contributed by atoms with Crippen LogP contribution in [-0.2, 0) is 13.1 Å². The Morgan fingerprint density at radius 2 is 1.90 bits per heavy atom. The van der Waals surface area contributed by atoms with Crippen LogP contribution < -0.4 is 4.74 Å². The molecule has 1 aromatic heterocycles. The molecule has 4 rings (SSSR count). The highest BCUT2D eigenvalue weighted by Gasteiger charge is 2.28. The van der Waals surface area contributed by atoms with Crippen molar-refractivity contribution in [2.75, 3.05) is 19.7 Å². The lowest BCUT2D eigenvalue weighted by atomic mass is 9.87. The number of aliphatic hydroxyl groups excluding tert-OH is 1. The van der Waals surface area contributed by atoms with E-state index in [2.05, 4.69) is 50.8 Å². The van der Waals surface area contributed by atoms with Gasteiger partial charge in [0, 0.05) is 37.9 Å². The van der Waals surface area contributed by atoms with Gasteiger partial charge in [-0.15, -0.1) is 0 Å². The predicted octanol–water partition coefficient (Wildman–Crippen LogP) is 3.70. The summed E-state index contributed by atoms with van der Waals surface area (Å²) in [4.78, 5) is 6.38. The first-order valence-electron chi connectivity index (χ1n) is 10.4. The van der Waals surface area contributed by atoms with E-state index in [9.17, 15) is 5.11 Å². The topological polar surface area (TPSA) is 50.5 Å². The van der Waals surface area contributed by atoms with Crippen molar-refractivity contribution in [2.24, 2.45) is 0 Å². The standard InChI is InChI=1S/C24H29N3O2/c28-24-18-27(14-11-23(24)21-5-2-1-3-6-21)17-20-7-9-22(10-8-20)29-16-4-13-26-15-12-25-19-26/h1-3,5-10,12,15,19,23-24,28H,4,11,13-14,16-18H2/t23-,24+/m0/s1. The average molecular weight is 392 g/mol. The van der Waals surface area contributed by atoms with E-state index < -0.39 is 0 Å². The van der Waals surface area contributed by atoms with Crippen LogP contribution in [0.1, 0.15) is 29.9 Å². The van der Waals surface area contributed by atoms with E-state index in [-0.39, 0.29) is 12.0 Å². The minimum atomic E-state index is -0.316. The van der Waals surface area contributed by atoms with Crippen LogP contribution in [0, 0.1) is 0 Å². The molecule has 0 unspecified atom stereocenters. The molecule has 1 N–H and O–H groups in total. The fourth-order valence-electron chi connectivity index (χ4n) is 4.04. The second-order valence-corrected chi connectivity index (χ2v) is 7.75. The number of aryl methyl sites for hydroxylation is 1. The molecule has 152 valence electrons. The number of aliphatic hydroxyl groups is 1. The molecule has 2 heterocycles. The van der Waals surface area contributed by atoms with Gasteiger partial charge in [-0.3, -0.25) is 4.90 Å². The van der Waals surface area contributed by atoms with Crippen molar-refractivity contribution < 1.29 is 9.84 Å². The molecule has 29 heavy (non-hydrogen) atoms. The molecule has 1 aliphatic rings. The van der Waals surface area contributed by atoms with Crippen molar-refractivity contribution >= 4 is 0 Å². The van der Waals surface area contributed by atoms with Gasteiger partial charge in [0.15, 0.2) is 0 Å². The van der Waals surface area contributed by atoms with E-state index >= 15 is 0 Å². The van der Waals surface area contributed by atoms with E-state index in [4.69, 9.17) is 4.74 Å². The van der Waals surface area contributed by atoms with Gasteiger partial charge >= 0.3 is 0 Å². The van der Waals surface area contributed by atoms with Crippen molar-refractivity contribution in [3.63, 3.8) is 0 Å². The number of rotatable bonds is 8. The molecule has 0 spiro atoms. The van der Waals surface area contributed by atoms with Crippen molar-refractivity contribution in [1.29, 1.82) is 0 Å². The Labute approximate surface area is 172 Å². The van der Waals surface area contributed by atoms with Crippen LogP contribution in [0.4, 0.5) is 0 Å². The molecule has 5 nitrogen and oxygen atoms in total. The Bertz CT molecular complexity index is 850. The van der Waals surface area contributed by atoms with Gasteiger partial charge in [-0.2, -0.15) is 0 Å². The van der Waals surface area contributed by atoms with Crippen molar-refractivity contribution in [3.8, 4) is 5.75 Å². The van der Waals surface area contributed by atoms with E-state index in [1.165, 1.54) is 11.1 Å². The molecular formula is C24H29N3O2. The number of likely N-dealkylation sites (tertiary alicyclic amines) is 1.